The lowest BCUT2D eigenvalue weighted by atomic mass is 10.0. The van der Waals surface area contributed by atoms with Gasteiger partial charge in [0.05, 0.1) is 53.1 Å². The van der Waals surface area contributed by atoms with E-state index < -0.39 is 0 Å². The van der Waals surface area contributed by atoms with Crippen LogP contribution in [0, 0.1) is 57.7 Å². The van der Waals surface area contributed by atoms with E-state index in [1.54, 1.807) is 60.7 Å². The molecule has 30 heavy (non-hydrogen) atoms. The Morgan fingerprint density at radius 3 is 1.23 bits per heavy atom. The maximum absolute atomic E-state index is 9.39. The van der Waals surface area contributed by atoms with Gasteiger partial charge in [0.2, 0.25) is 0 Å². The van der Waals surface area contributed by atoms with E-state index in [9.17, 15) is 5.26 Å². The third-order valence-electron chi connectivity index (χ3n) is 4.13. The van der Waals surface area contributed by atoms with Gasteiger partial charge in [-0.15, -0.1) is 0 Å². The Labute approximate surface area is 175 Å². The number of nitriles is 3. The molecule has 0 heterocycles. The van der Waals surface area contributed by atoms with Crippen LogP contribution < -0.4 is 4.74 Å². The molecule has 0 bridgehead atoms. The topological polar surface area (TPSA) is 80.6 Å². The average molecular weight is 383 g/mol. The van der Waals surface area contributed by atoms with Crippen molar-refractivity contribution in [3.8, 4) is 47.6 Å². The normalized spacial score (nSPS) is 8.87. The Kier molecular flexibility index (Phi) is 6.14. The molecule has 0 unspecified atom stereocenters. The summed E-state index contributed by atoms with van der Waals surface area (Å²) in [6, 6.07) is 23.4. The van der Waals surface area contributed by atoms with Gasteiger partial charge < -0.3 is 4.74 Å². The summed E-state index contributed by atoms with van der Waals surface area (Å²) in [5.74, 6) is 12.6. The summed E-state index contributed by atoms with van der Waals surface area (Å²) < 4.78 is 5.53. The SMILES string of the molecule is COc1c(C#Cc2ccc(C#N)cc2)cc(C#N)cc1C#Cc1ccc(C#N)cc1. The number of nitrogens with zero attached hydrogens (tertiary/aromatic N) is 3. The maximum atomic E-state index is 9.39. The van der Waals surface area contributed by atoms with E-state index in [2.05, 4.69) is 41.9 Å². The minimum atomic E-state index is 0.420. The molecule has 0 aromatic heterocycles. The van der Waals surface area contributed by atoms with Crippen LogP contribution in [0.15, 0.2) is 60.7 Å². The van der Waals surface area contributed by atoms with E-state index in [0.717, 1.165) is 11.1 Å². The monoisotopic (exact) mass is 383 g/mol. The molecule has 0 N–H and O–H groups in total. The molecule has 0 radical (unpaired) electrons. The van der Waals surface area contributed by atoms with Crippen molar-refractivity contribution in [1.29, 1.82) is 15.8 Å². The molecule has 0 aliphatic carbocycles. The zero-order chi connectivity index (χ0) is 21.3. The molecule has 138 valence electrons. The van der Waals surface area contributed by atoms with Gasteiger partial charge in [0.25, 0.3) is 0 Å². The number of benzene rings is 3. The predicted molar refractivity (Wildman–Crippen MR) is 112 cm³/mol. The lowest BCUT2D eigenvalue weighted by molar-refractivity contribution is 0.412. The first-order valence-electron chi connectivity index (χ1n) is 8.83. The van der Waals surface area contributed by atoms with Gasteiger partial charge in [0, 0.05) is 11.1 Å². The number of hydrogen-bond donors (Lipinski definition) is 0. The zero-order valence-corrected chi connectivity index (χ0v) is 16.0. The Balaban J connectivity index is 2.02. The van der Waals surface area contributed by atoms with E-state index in [0.29, 0.717) is 33.6 Å². The number of ether oxygens (including phenoxy) is 1. The van der Waals surface area contributed by atoms with Crippen molar-refractivity contribution < 1.29 is 4.74 Å². The highest BCUT2D eigenvalue weighted by Gasteiger charge is 2.09. The minimum absolute atomic E-state index is 0.420. The van der Waals surface area contributed by atoms with Crippen LogP contribution in [0.5, 0.6) is 5.75 Å². The van der Waals surface area contributed by atoms with Crippen molar-refractivity contribution in [2.24, 2.45) is 0 Å². The van der Waals surface area contributed by atoms with Gasteiger partial charge in [-0.2, -0.15) is 15.8 Å². The summed E-state index contributed by atoms with van der Waals surface area (Å²) in [4.78, 5) is 0. The Morgan fingerprint density at radius 1 is 0.533 bits per heavy atom. The van der Waals surface area contributed by atoms with Gasteiger partial charge in [0.15, 0.2) is 0 Å². The van der Waals surface area contributed by atoms with Gasteiger partial charge >= 0.3 is 0 Å². The summed E-state index contributed by atoms with van der Waals surface area (Å²) in [6.07, 6.45) is 0. The highest BCUT2D eigenvalue weighted by atomic mass is 16.5. The van der Waals surface area contributed by atoms with E-state index in [1.807, 2.05) is 0 Å². The first kappa shape index (κ1) is 19.8. The van der Waals surface area contributed by atoms with Gasteiger partial charge in [0.1, 0.15) is 5.75 Å². The third-order valence-corrected chi connectivity index (χ3v) is 4.13. The molecule has 0 aliphatic rings. The molecule has 0 amide bonds. The first-order valence-corrected chi connectivity index (χ1v) is 8.83. The summed E-state index contributed by atoms with van der Waals surface area (Å²) in [5, 5.41) is 27.2. The van der Waals surface area contributed by atoms with Crippen molar-refractivity contribution in [3.05, 3.63) is 99.6 Å². The van der Waals surface area contributed by atoms with Crippen LogP contribution in [0.2, 0.25) is 0 Å². The molecule has 4 nitrogen and oxygen atoms in total. The molecule has 0 aliphatic heterocycles. The number of rotatable bonds is 1. The third kappa shape index (κ3) is 4.66. The molecule has 0 atom stereocenters. The molecule has 0 fully saturated rings. The highest BCUT2D eigenvalue weighted by Crippen LogP contribution is 2.25. The van der Waals surface area contributed by atoms with Crippen molar-refractivity contribution in [1.82, 2.24) is 0 Å². The average Bonchev–Trinajstić information content (AvgIpc) is 2.81. The van der Waals surface area contributed by atoms with Crippen LogP contribution in [-0.4, -0.2) is 7.11 Å². The molecular weight excluding hydrogens is 370 g/mol. The first-order chi connectivity index (χ1) is 14.7. The van der Waals surface area contributed by atoms with Crippen LogP contribution >= 0.6 is 0 Å². The standard InChI is InChI=1S/C26H13N3O/c1-30-26-24(12-10-19-2-6-21(16-27)7-3-19)14-23(18-29)15-25(26)13-11-20-4-8-22(17-28)9-5-20/h2-9,14-15H,1H3. The van der Waals surface area contributed by atoms with E-state index in [-0.39, 0.29) is 0 Å². The second-order valence-corrected chi connectivity index (χ2v) is 6.09. The molecule has 4 heteroatoms. The quantitative estimate of drug-likeness (QED) is 0.592. The molecule has 3 aromatic carbocycles. The van der Waals surface area contributed by atoms with Crippen molar-refractivity contribution >= 4 is 0 Å². The lowest BCUT2D eigenvalue weighted by Crippen LogP contribution is -1.94. The van der Waals surface area contributed by atoms with Gasteiger partial charge in [-0.3, -0.25) is 0 Å². The fourth-order valence-corrected chi connectivity index (χ4v) is 2.63. The van der Waals surface area contributed by atoms with Crippen LogP contribution in [-0.2, 0) is 0 Å². The number of hydrogen-bond acceptors (Lipinski definition) is 4. The van der Waals surface area contributed by atoms with Gasteiger partial charge in [-0.05, 0) is 60.7 Å². The Bertz CT molecular complexity index is 1240. The van der Waals surface area contributed by atoms with Crippen LogP contribution in [0.25, 0.3) is 0 Å². The van der Waals surface area contributed by atoms with Crippen molar-refractivity contribution in [3.63, 3.8) is 0 Å². The second-order valence-electron chi connectivity index (χ2n) is 6.09. The zero-order valence-electron chi connectivity index (χ0n) is 16.0. The second kappa shape index (κ2) is 9.31. The molecule has 0 saturated carbocycles. The minimum Gasteiger partial charge on any atom is -0.494 e. The molecular formula is C26H13N3O. The molecule has 3 aromatic rings. The summed E-state index contributed by atoms with van der Waals surface area (Å²) in [5.41, 5.74) is 4.11. The molecule has 0 spiro atoms. The predicted octanol–water partition coefficient (Wildman–Crippen LogP) is 4.11. The Morgan fingerprint density at radius 2 is 0.900 bits per heavy atom. The fourth-order valence-electron chi connectivity index (χ4n) is 2.63. The van der Waals surface area contributed by atoms with E-state index in [1.165, 1.54) is 7.11 Å². The molecule has 3 rings (SSSR count). The Hall–Kier alpha value is -4.95. The van der Waals surface area contributed by atoms with Gasteiger partial charge in [-0.1, -0.05) is 23.7 Å². The number of methoxy groups -OCH3 is 1. The van der Waals surface area contributed by atoms with Crippen LogP contribution in [0.1, 0.15) is 38.9 Å². The molecule has 0 saturated heterocycles. The maximum Gasteiger partial charge on any atom is 0.150 e. The lowest BCUT2D eigenvalue weighted by Gasteiger charge is -2.07. The van der Waals surface area contributed by atoms with Crippen molar-refractivity contribution in [2.75, 3.05) is 7.11 Å². The largest absolute Gasteiger partial charge is 0.494 e. The summed E-state index contributed by atoms with van der Waals surface area (Å²) in [7, 11) is 1.53. The van der Waals surface area contributed by atoms with Crippen LogP contribution in [0.3, 0.4) is 0 Å². The summed E-state index contributed by atoms with van der Waals surface area (Å²) >= 11 is 0. The van der Waals surface area contributed by atoms with Crippen LogP contribution in [0.4, 0.5) is 0 Å². The van der Waals surface area contributed by atoms with Gasteiger partial charge in [-0.25, -0.2) is 0 Å². The summed E-state index contributed by atoms with van der Waals surface area (Å²) in [6.45, 7) is 0. The van der Waals surface area contributed by atoms with E-state index in [4.69, 9.17) is 15.3 Å². The smallest absolute Gasteiger partial charge is 0.150 e. The van der Waals surface area contributed by atoms with Crippen molar-refractivity contribution in [2.45, 2.75) is 0 Å². The highest BCUT2D eigenvalue weighted by molar-refractivity contribution is 5.62. The fraction of sp³-hybridized carbons (Fsp3) is 0.0385. The van der Waals surface area contributed by atoms with E-state index >= 15 is 0 Å².